The van der Waals surface area contributed by atoms with Crippen LogP contribution < -0.4 is 10.2 Å². The molecular weight excluding hydrogens is 320 g/mol. The molecule has 1 aliphatic heterocycles. The summed E-state index contributed by atoms with van der Waals surface area (Å²) in [6, 6.07) is 18.5. The van der Waals surface area contributed by atoms with E-state index in [0.29, 0.717) is 6.54 Å². The third-order valence-corrected chi connectivity index (χ3v) is 5.21. The number of amides is 1. The maximum atomic E-state index is 13.7. The molecule has 1 atom stereocenters. The maximum Gasteiger partial charge on any atom is 0.238 e. The van der Waals surface area contributed by atoms with Gasteiger partial charge in [-0.15, -0.1) is 0 Å². The third-order valence-electron chi connectivity index (χ3n) is 5.21. The lowest BCUT2D eigenvalue weighted by atomic mass is 9.75. The lowest BCUT2D eigenvalue weighted by Gasteiger charge is -2.28. The van der Waals surface area contributed by atoms with Crippen molar-refractivity contribution >= 4 is 11.6 Å². The Bertz CT molecular complexity index is 793. The predicted octanol–water partition coefficient (Wildman–Crippen LogP) is 4.44. The molecule has 1 amide bonds. The Morgan fingerprint density at radius 2 is 1.77 bits per heavy atom. The first-order valence-corrected chi connectivity index (χ1v) is 9.32. The van der Waals surface area contributed by atoms with Crippen LogP contribution in [0.15, 0.2) is 66.2 Å². The van der Waals surface area contributed by atoms with Gasteiger partial charge in [0.1, 0.15) is 0 Å². The first-order chi connectivity index (χ1) is 12.6. The summed E-state index contributed by atoms with van der Waals surface area (Å²) >= 11 is 0. The lowest BCUT2D eigenvalue weighted by Crippen LogP contribution is -2.41. The van der Waals surface area contributed by atoms with Crippen molar-refractivity contribution in [1.82, 2.24) is 5.32 Å². The molecule has 0 aromatic heterocycles. The zero-order valence-electron chi connectivity index (χ0n) is 16.0. The second-order valence-electron chi connectivity index (χ2n) is 7.32. The minimum Gasteiger partial charge on any atom is -0.320 e. The second kappa shape index (κ2) is 7.88. The van der Waals surface area contributed by atoms with Crippen molar-refractivity contribution in [3.8, 4) is 0 Å². The number of hydrogen-bond donors (Lipinski definition) is 1. The maximum absolute atomic E-state index is 13.7. The van der Waals surface area contributed by atoms with Gasteiger partial charge in [0.25, 0.3) is 0 Å². The van der Waals surface area contributed by atoms with E-state index in [9.17, 15) is 4.79 Å². The molecule has 1 aliphatic rings. The summed E-state index contributed by atoms with van der Waals surface area (Å²) in [7, 11) is 1.95. The lowest BCUT2D eigenvalue weighted by molar-refractivity contribution is -0.123. The van der Waals surface area contributed by atoms with Gasteiger partial charge in [0.05, 0.1) is 12.0 Å². The summed E-state index contributed by atoms with van der Waals surface area (Å²) in [6.07, 6.45) is 3.75. The highest BCUT2D eigenvalue weighted by Crippen LogP contribution is 2.47. The minimum atomic E-state index is -0.481. The summed E-state index contributed by atoms with van der Waals surface area (Å²) < 4.78 is 0. The molecule has 0 radical (unpaired) electrons. The first kappa shape index (κ1) is 18.4. The number of nitrogens with one attached hydrogen (secondary N) is 1. The Morgan fingerprint density at radius 1 is 1.08 bits per heavy atom. The molecule has 0 unspecified atom stereocenters. The monoisotopic (exact) mass is 348 g/mol. The number of carbonyl (C=O) groups is 1. The molecule has 2 aromatic rings. The van der Waals surface area contributed by atoms with Crippen molar-refractivity contribution in [2.24, 2.45) is 0 Å². The minimum absolute atomic E-state index is 0.218. The number of nitrogens with zero attached hydrogens (tertiary/aromatic N) is 1. The van der Waals surface area contributed by atoms with Crippen LogP contribution in [0.3, 0.4) is 0 Å². The molecule has 0 bridgehead atoms. The fraction of sp³-hybridized carbons (Fsp3) is 0.348. The number of hydrogen-bond acceptors (Lipinski definition) is 2. The molecule has 1 N–H and O–H groups in total. The standard InChI is InChI=1S/C23H28N2O/c1-18(2)13-14-23(15-16-24-3)20-11-7-8-12-21(20)25(22(23)26)17-19-9-5-4-6-10-19/h4-13,24H,14-17H2,1-3H3/t23-/m0/s1. The molecule has 3 rings (SSSR count). The van der Waals surface area contributed by atoms with E-state index in [4.69, 9.17) is 0 Å². The molecule has 1 heterocycles. The number of anilines is 1. The Labute approximate surface area is 156 Å². The molecule has 0 fully saturated rings. The van der Waals surface area contributed by atoms with Crippen LogP contribution in [0.1, 0.15) is 37.8 Å². The summed E-state index contributed by atoms with van der Waals surface area (Å²) in [5, 5.41) is 3.23. The second-order valence-corrected chi connectivity index (χ2v) is 7.32. The predicted molar refractivity (Wildman–Crippen MR) is 108 cm³/mol. The van der Waals surface area contributed by atoms with Crippen LogP contribution in [0.25, 0.3) is 0 Å². The summed E-state index contributed by atoms with van der Waals surface area (Å²) in [5.74, 6) is 0.218. The number of carbonyl (C=O) groups excluding carboxylic acids is 1. The number of para-hydroxylation sites is 1. The van der Waals surface area contributed by atoms with E-state index in [2.05, 4.69) is 55.6 Å². The fourth-order valence-electron chi connectivity index (χ4n) is 3.78. The van der Waals surface area contributed by atoms with Crippen molar-refractivity contribution in [3.63, 3.8) is 0 Å². The molecule has 0 saturated carbocycles. The van der Waals surface area contributed by atoms with E-state index in [-0.39, 0.29) is 5.91 Å². The van der Waals surface area contributed by atoms with Gasteiger partial charge < -0.3 is 10.2 Å². The van der Waals surface area contributed by atoms with E-state index in [1.54, 1.807) is 0 Å². The first-order valence-electron chi connectivity index (χ1n) is 9.32. The molecule has 0 spiro atoms. The van der Waals surface area contributed by atoms with Gasteiger partial charge in [-0.1, -0.05) is 60.2 Å². The van der Waals surface area contributed by atoms with Crippen molar-refractivity contribution in [2.45, 2.75) is 38.6 Å². The number of fused-ring (bicyclic) bond motifs is 1. The van der Waals surface area contributed by atoms with Gasteiger partial charge in [-0.2, -0.15) is 0 Å². The summed E-state index contributed by atoms with van der Waals surface area (Å²) in [6.45, 7) is 5.63. The number of benzene rings is 2. The third kappa shape index (κ3) is 3.45. The smallest absolute Gasteiger partial charge is 0.238 e. The highest BCUT2D eigenvalue weighted by Gasteiger charge is 2.49. The van der Waals surface area contributed by atoms with Crippen LogP contribution in [0.4, 0.5) is 5.69 Å². The van der Waals surface area contributed by atoms with Gasteiger partial charge in [0.2, 0.25) is 5.91 Å². The van der Waals surface area contributed by atoms with Crippen LogP contribution in [0, 0.1) is 0 Å². The van der Waals surface area contributed by atoms with Gasteiger partial charge in [-0.25, -0.2) is 0 Å². The number of allylic oxidation sites excluding steroid dienone is 2. The molecule has 0 aliphatic carbocycles. The van der Waals surface area contributed by atoms with E-state index in [0.717, 1.165) is 36.2 Å². The van der Waals surface area contributed by atoms with Crippen molar-refractivity contribution in [3.05, 3.63) is 77.4 Å². The van der Waals surface area contributed by atoms with Crippen LogP contribution >= 0.6 is 0 Å². The molecule has 0 saturated heterocycles. The van der Waals surface area contributed by atoms with Crippen LogP contribution in [-0.2, 0) is 16.8 Å². The average Bonchev–Trinajstić information content (AvgIpc) is 2.88. The molecule has 136 valence electrons. The largest absolute Gasteiger partial charge is 0.320 e. The Kier molecular flexibility index (Phi) is 5.58. The van der Waals surface area contributed by atoms with E-state index in [1.165, 1.54) is 5.57 Å². The quantitative estimate of drug-likeness (QED) is 0.751. The van der Waals surface area contributed by atoms with Crippen LogP contribution in [0.5, 0.6) is 0 Å². The van der Waals surface area contributed by atoms with Crippen molar-refractivity contribution in [2.75, 3.05) is 18.5 Å². The van der Waals surface area contributed by atoms with Gasteiger partial charge >= 0.3 is 0 Å². The average molecular weight is 348 g/mol. The molecule has 3 heteroatoms. The Balaban J connectivity index is 2.04. The highest BCUT2D eigenvalue weighted by atomic mass is 16.2. The van der Waals surface area contributed by atoms with Crippen molar-refractivity contribution in [1.29, 1.82) is 0 Å². The Hall–Kier alpha value is -2.39. The Morgan fingerprint density at radius 3 is 2.46 bits per heavy atom. The summed E-state index contributed by atoms with van der Waals surface area (Å²) in [4.78, 5) is 15.6. The van der Waals surface area contributed by atoms with Gasteiger partial charge in [-0.3, -0.25) is 4.79 Å². The molecular formula is C23H28N2O. The molecule has 2 aromatic carbocycles. The zero-order chi connectivity index (χ0) is 18.6. The topological polar surface area (TPSA) is 32.3 Å². The van der Waals surface area contributed by atoms with Crippen molar-refractivity contribution < 1.29 is 4.79 Å². The van der Waals surface area contributed by atoms with Gasteiger partial charge in [0, 0.05) is 5.69 Å². The van der Waals surface area contributed by atoms with E-state index >= 15 is 0 Å². The molecule has 26 heavy (non-hydrogen) atoms. The van der Waals surface area contributed by atoms with Gasteiger partial charge in [0.15, 0.2) is 0 Å². The van der Waals surface area contributed by atoms with Gasteiger partial charge in [-0.05, 0) is 57.5 Å². The summed E-state index contributed by atoms with van der Waals surface area (Å²) in [5.41, 5.74) is 4.14. The fourth-order valence-corrected chi connectivity index (χ4v) is 3.78. The SMILES string of the molecule is CNCC[C@]1(CC=C(C)C)C(=O)N(Cc2ccccc2)c2ccccc21. The van der Waals surface area contributed by atoms with Crippen LogP contribution in [0.2, 0.25) is 0 Å². The normalized spacial score (nSPS) is 18.7. The van der Waals surface area contributed by atoms with E-state index in [1.807, 2.05) is 36.2 Å². The molecule has 3 nitrogen and oxygen atoms in total. The highest BCUT2D eigenvalue weighted by molar-refractivity contribution is 6.08. The number of rotatable bonds is 7. The van der Waals surface area contributed by atoms with E-state index < -0.39 is 5.41 Å². The zero-order valence-corrected chi connectivity index (χ0v) is 16.0. The van der Waals surface area contributed by atoms with Crippen LogP contribution in [-0.4, -0.2) is 19.5 Å².